The van der Waals surface area contributed by atoms with Gasteiger partial charge in [0, 0.05) is 17.9 Å². The number of carbonyl (C=O) groups is 1. The fraction of sp³-hybridized carbons (Fsp3) is 0.545. The molecule has 0 radical (unpaired) electrons. The first kappa shape index (κ1) is 12.2. The van der Waals surface area contributed by atoms with Gasteiger partial charge in [-0.1, -0.05) is 22.9 Å². The molecule has 1 aromatic heterocycles. The largest absolute Gasteiger partial charge is 0.444 e. The summed E-state index contributed by atoms with van der Waals surface area (Å²) in [7, 11) is 0. The molecule has 88 valence electrons. The number of amides is 1. The Balaban J connectivity index is 2.16. The smallest absolute Gasteiger partial charge is 0.289 e. The molecule has 3 nitrogen and oxygen atoms in total. The van der Waals surface area contributed by atoms with Gasteiger partial charge >= 0.3 is 0 Å². The van der Waals surface area contributed by atoms with Gasteiger partial charge in [0.05, 0.1) is 0 Å². The molecule has 2 heterocycles. The Morgan fingerprint density at radius 1 is 1.62 bits per heavy atom. The maximum absolute atomic E-state index is 12.2. The van der Waals surface area contributed by atoms with Crippen LogP contribution in [0.15, 0.2) is 21.2 Å². The zero-order valence-electron chi connectivity index (χ0n) is 8.95. The second-order valence-corrected chi connectivity index (χ2v) is 5.52. The molecule has 0 spiro atoms. The molecule has 1 saturated heterocycles. The molecule has 1 fully saturated rings. The van der Waals surface area contributed by atoms with Crippen LogP contribution in [-0.2, 0) is 0 Å². The maximum atomic E-state index is 12.2. The highest BCUT2D eigenvalue weighted by Crippen LogP contribution is 2.27. The number of likely N-dealkylation sites (tertiary alicyclic amines) is 1. The van der Waals surface area contributed by atoms with E-state index >= 15 is 0 Å². The van der Waals surface area contributed by atoms with Crippen LogP contribution in [0.3, 0.4) is 0 Å². The fourth-order valence-electron chi connectivity index (χ4n) is 2.07. The molecule has 0 bridgehead atoms. The van der Waals surface area contributed by atoms with Crippen molar-refractivity contribution in [3.63, 3.8) is 0 Å². The first-order valence-electron chi connectivity index (χ1n) is 5.25. The van der Waals surface area contributed by atoms with Gasteiger partial charge < -0.3 is 9.32 Å². The van der Waals surface area contributed by atoms with Crippen LogP contribution in [0.2, 0.25) is 0 Å². The van der Waals surface area contributed by atoms with Crippen LogP contribution in [0.1, 0.15) is 23.9 Å². The van der Waals surface area contributed by atoms with Gasteiger partial charge in [0.25, 0.3) is 5.91 Å². The van der Waals surface area contributed by atoms with Gasteiger partial charge in [-0.05, 0) is 40.4 Å². The quantitative estimate of drug-likeness (QED) is 0.767. The van der Waals surface area contributed by atoms with E-state index in [1.165, 1.54) is 0 Å². The summed E-state index contributed by atoms with van der Waals surface area (Å²) in [5, 5.41) is 0.821. The van der Waals surface area contributed by atoms with E-state index in [4.69, 9.17) is 4.42 Å². The number of halogens is 2. The topological polar surface area (TPSA) is 33.5 Å². The standard InChI is InChI=1S/C11H13Br2NO2/c1-7-4-5-14(8(7)6-12)11(15)9-2-3-10(13)16-9/h2-3,7-8H,4-6H2,1H3. The lowest BCUT2D eigenvalue weighted by atomic mass is 10.1. The van der Waals surface area contributed by atoms with Crippen LogP contribution >= 0.6 is 31.9 Å². The highest BCUT2D eigenvalue weighted by molar-refractivity contribution is 9.10. The molecule has 1 aliphatic heterocycles. The van der Waals surface area contributed by atoms with Crippen LogP contribution < -0.4 is 0 Å². The minimum atomic E-state index is -0.0144. The SMILES string of the molecule is CC1CCN(C(=O)c2ccc(Br)o2)C1CBr. The lowest BCUT2D eigenvalue weighted by Gasteiger charge is -2.24. The first-order chi connectivity index (χ1) is 7.63. The second-order valence-electron chi connectivity index (χ2n) is 4.09. The molecule has 0 N–H and O–H groups in total. The Morgan fingerprint density at radius 3 is 2.94 bits per heavy atom. The van der Waals surface area contributed by atoms with Gasteiger partial charge in [-0.15, -0.1) is 0 Å². The third-order valence-corrected chi connectivity index (χ3v) is 4.18. The molecule has 0 aliphatic carbocycles. The average Bonchev–Trinajstić information content (AvgIpc) is 2.83. The minimum absolute atomic E-state index is 0.0144. The number of furan rings is 1. The van der Waals surface area contributed by atoms with Crippen molar-refractivity contribution < 1.29 is 9.21 Å². The van der Waals surface area contributed by atoms with Crippen LogP contribution in [0, 0.1) is 5.92 Å². The molecular weight excluding hydrogens is 338 g/mol. The maximum Gasteiger partial charge on any atom is 0.289 e. The monoisotopic (exact) mass is 349 g/mol. The lowest BCUT2D eigenvalue weighted by Crippen LogP contribution is -2.38. The number of rotatable bonds is 2. The summed E-state index contributed by atoms with van der Waals surface area (Å²) in [6, 6.07) is 3.73. The van der Waals surface area contributed by atoms with E-state index in [1.807, 2.05) is 4.90 Å². The van der Waals surface area contributed by atoms with E-state index in [1.54, 1.807) is 12.1 Å². The highest BCUT2D eigenvalue weighted by atomic mass is 79.9. The number of nitrogens with zero attached hydrogens (tertiary/aromatic N) is 1. The molecule has 2 rings (SSSR count). The van der Waals surface area contributed by atoms with E-state index in [9.17, 15) is 4.79 Å². The van der Waals surface area contributed by atoms with Gasteiger partial charge in [0.1, 0.15) is 0 Å². The van der Waals surface area contributed by atoms with Gasteiger partial charge in [-0.2, -0.15) is 0 Å². The van der Waals surface area contributed by atoms with E-state index in [0.29, 0.717) is 16.3 Å². The minimum Gasteiger partial charge on any atom is -0.444 e. The Morgan fingerprint density at radius 2 is 2.38 bits per heavy atom. The molecule has 1 aliphatic rings. The number of alkyl halides is 1. The Kier molecular flexibility index (Phi) is 3.74. The third-order valence-electron chi connectivity index (χ3n) is 3.09. The number of hydrogen-bond donors (Lipinski definition) is 0. The summed E-state index contributed by atoms with van der Waals surface area (Å²) in [5.41, 5.74) is 0. The number of hydrogen-bond acceptors (Lipinski definition) is 2. The van der Waals surface area contributed by atoms with Crippen molar-refractivity contribution in [2.24, 2.45) is 5.92 Å². The third kappa shape index (κ3) is 2.20. The Hall–Kier alpha value is -0.290. The summed E-state index contributed by atoms with van der Waals surface area (Å²) in [4.78, 5) is 14.1. The first-order valence-corrected chi connectivity index (χ1v) is 7.17. The zero-order valence-corrected chi connectivity index (χ0v) is 12.1. The molecule has 1 amide bonds. The average molecular weight is 351 g/mol. The van der Waals surface area contributed by atoms with Gasteiger partial charge in [-0.25, -0.2) is 0 Å². The van der Waals surface area contributed by atoms with Crippen molar-refractivity contribution in [2.45, 2.75) is 19.4 Å². The van der Waals surface area contributed by atoms with E-state index in [-0.39, 0.29) is 11.9 Å². The van der Waals surface area contributed by atoms with Gasteiger partial charge in [-0.3, -0.25) is 4.79 Å². The lowest BCUT2D eigenvalue weighted by molar-refractivity contribution is 0.0705. The summed E-state index contributed by atoms with van der Waals surface area (Å²) >= 11 is 6.68. The van der Waals surface area contributed by atoms with Crippen molar-refractivity contribution in [2.75, 3.05) is 11.9 Å². The van der Waals surface area contributed by atoms with Crippen LogP contribution in [0.25, 0.3) is 0 Å². The molecule has 2 atom stereocenters. The van der Waals surface area contributed by atoms with Crippen molar-refractivity contribution in [3.05, 3.63) is 22.6 Å². The van der Waals surface area contributed by atoms with E-state index in [2.05, 4.69) is 38.8 Å². The van der Waals surface area contributed by atoms with Gasteiger partial charge in [0.2, 0.25) is 0 Å². The van der Waals surface area contributed by atoms with Gasteiger partial charge in [0.15, 0.2) is 10.4 Å². The summed E-state index contributed by atoms with van der Waals surface area (Å²) in [6.07, 6.45) is 1.06. The van der Waals surface area contributed by atoms with Crippen LogP contribution in [0.5, 0.6) is 0 Å². The van der Waals surface area contributed by atoms with Crippen molar-refractivity contribution in [3.8, 4) is 0 Å². The molecule has 16 heavy (non-hydrogen) atoms. The predicted molar refractivity (Wildman–Crippen MR) is 68.8 cm³/mol. The van der Waals surface area contributed by atoms with E-state index < -0.39 is 0 Å². The molecule has 0 saturated carbocycles. The highest BCUT2D eigenvalue weighted by Gasteiger charge is 2.34. The Bertz CT molecular complexity index is 391. The Labute approximate surface area is 111 Å². The zero-order chi connectivity index (χ0) is 11.7. The summed E-state index contributed by atoms with van der Waals surface area (Å²) < 4.78 is 5.89. The fourth-order valence-corrected chi connectivity index (χ4v) is 3.36. The molecule has 0 aromatic carbocycles. The number of carbonyl (C=O) groups excluding carboxylic acids is 1. The molecular formula is C11H13Br2NO2. The normalized spacial score (nSPS) is 25.1. The second kappa shape index (κ2) is 4.92. The molecule has 1 aromatic rings. The van der Waals surface area contributed by atoms with Crippen LogP contribution in [0.4, 0.5) is 0 Å². The molecule has 5 heteroatoms. The van der Waals surface area contributed by atoms with Crippen molar-refractivity contribution in [1.82, 2.24) is 4.90 Å². The molecule has 2 unspecified atom stereocenters. The van der Waals surface area contributed by atoms with Crippen molar-refractivity contribution in [1.29, 1.82) is 0 Å². The predicted octanol–water partition coefficient (Wildman–Crippen LogP) is 3.29. The van der Waals surface area contributed by atoms with Crippen LogP contribution in [-0.4, -0.2) is 28.7 Å². The van der Waals surface area contributed by atoms with E-state index in [0.717, 1.165) is 18.3 Å². The summed E-state index contributed by atoms with van der Waals surface area (Å²) in [5.74, 6) is 0.938. The summed E-state index contributed by atoms with van der Waals surface area (Å²) in [6.45, 7) is 2.99. The van der Waals surface area contributed by atoms with Crippen molar-refractivity contribution >= 4 is 37.8 Å².